The van der Waals surface area contributed by atoms with E-state index in [4.69, 9.17) is 10.5 Å². The Hall–Kier alpha value is -1.02. The second kappa shape index (κ2) is 3.77. The fraction of sp³-hybridized carbons (Fsp3) is 0.571. The average Bonchev–Trinajstić information content (AvgIpc) is 2.53. The summed E-state index contributed by atoms with van der Waals surface area (Å²) in [6.45, 7) is 9.33. The molecule has 2 heteroatoms. The van der Waals surface area contributed by atoms with Crippen LogP contribution in [0.5, 0.6) is 5.75 Å². The molecular formula is C14H21NO. The molecule has 88 valence electrons. The number of ether oxygens (including phenoxy) is 1. The summed E-state index contributed by atoms with van der Waals surface area (Å²) in [5.74, 6) is 1.48. The van der Waals surface area contributed by atoms with Gasteiger partial charge in [0.25, 0.3) is 0 Å². The van der Waals surface area contributed by atoms with Gasteiger partial charge >= 0.3 is 0 Å². The molecule has 0 bridgehead atoms. The van der Waals surface area contributed by atoms with Gasteiger partial charge in [-0.1, -0.05) is 13.0 Å². The van der Waals surface area contributed by atoms with Crippen LogP contribution < -0.4 is 10.5 Å². The third kappa shape index (κ3) is 1.82. The third-order valence-electron chi connectivity index (χ3n) is 3.47. The van der Waals surface area contributed by atoms with Crippen molar-refractivity contribution in [2.75, 3.05) is 6.54 Å². The molecule has 16 heavy (non-hydrogen) atoms. The van der Waals surface area contributed by atoms with E-state index in [2.05, 4.69) is 39.8 Å². The lowest BCUT2D eigenvalue weighted by Gasteiger charge is -2.16. The summed E-state index contributed by atoms with van der Waals surface area (Å²) >= 11 is 0. The van der Waals surface area contributed by atoms with Crippen LogP contribution in [0.3, 0.4) is 0 Å². The molecule has 1 heterocycles. The van der Waals surface area contributed by atoms with E-state index in [0.29, 0.717) is 12.5 Å². The Morgan fingerprint density at radius 1 is 1.44 bits per heavy atom. The van der Waals surface area contributed by atoms with Crippen LogP contribution in [-0.2, 0) is 6.42 Å². The SMILES string of the molecule is Cc1c(C(C)CN)ccc2c1CC(C)(C)O2. The Kier molecular flexibility index (Phi) is 2.70. The summed E-state index contributed by atoms with van der Waals surface area (Å²) in [4.78, 5) is 0. The highest BCUT2D eigenvalue weighted by Gasteiger charge is 2.31. The molecule has 1 atom stereocenters. The van der Waals surface area contributed by atoms with Crippen molar-refractivity contribution in [3.63, 3.8) is 0 Å². The maximum atomic E-state index is 5.91. The van der Waals surface area contributed by atoms with Gasteiger partial charge in [-0.05, 0) is 50.4 Å². The minimum atomic E-state index is -0.0579. The van der Waals surface area contributed by atoms with Gasteiger partial charge in [-0.2, -0.15) is 0 Å². The van der Waals surface area contributed by atoms with E-state index in [1.165, 1.54) is 16.7 Å². The molecule has 2 rings (SSSR count). The standard InChI is InChI=1S/C14H21NO/c1-9(8-15)11-5-6-13-12(10(11)2)7-14(3,4)16-13/h5-6,9H,7-8,15H2,1-4H3. The van der Waals surface area contributed by atoms with Crippen LogP contribution >= 0.6 is 0 Å². The highest BCUT2D eigenvalue weighted by atomic mass is 16.5. The van der Waals surface area contributed by atoms with Crippen LogP contribution in [0.25, 0.3) is 0 Å². The molecule has 1 aromatic carbocycles. The predicted molar refractivity (Wildman–Crippen MR) is 67.1 cm³/mol. The van der Waals surface area contributed by atoms with Gasteiger partial charge in [-0.25, -0.2) is 0 Å². The zero-order valence-electron chi connectivity index (χ0n) is 10.6. The Morgan fingerprint density at radius 2 is 2.12 bits per heavy atom. The highest BCUT2D eigenvalue weighted by Crippen LogP contribution is 2.39. The Morgan fingerprint density at radius 3 is 2.75 bits per heavy atom. The van der Waals surface area contributed by atoms with Crippen molar-refractivity contribution in [2.24, 2.45) is 5.73 Å². The first-order valence-corrected chi connectivity index (χ1v) is 5.96. The quantitative estimate of drug-likeness (QED) is 0.830. The maximum absolute atomic E-state index is 5.91. The van der Waals surface area contributed by atoms with E-state index in [1.54, 1.807) is 0 Å². The van der Waals surface area contributed by atoms with Crippen LogP contribution in [0.4, 0.5) is 0 Å². The first-order valence-electron chi connectivity index (χ1n) is 5.96. The monoisotopic (exact) mass is 219 g/mol. The minimum Gasteiger partial charge on any atom is -0.487 e. The van der Waals surface area contributed by atoms with Gasteiger partial charge in [-0.15, -0.1) is 0 Å². The van der Waals surface area contributed by atoms with Gasteiger partial charge in [-0.3, -0.25) is 0 Å². The molecule has 0 amide bonds. The molecule has 2 nitrogen and oxygen atoms in total. The second-order valence-corrected chi connectivity index (χ2v) is 5.43. The highest BCUT2D eigenvalue weighted by molar-refractivity contribution is 5.49. The maximum Gasteiger partial charge on any atom is 0.123 e. The average molecular weight is 219 g/mol. The van der Waals surface area contributed by atoms with E-state index in [9.17, 15) is 0 Å². The largest absolute Gasteiger partial charge is 0.487 e. The summed E-state index contributed by atoms with van der Waals surface area (Å²) in [6, 6.07) is 4.26. The molecule has 0 saturated heterocycles. The number of rotatable bonds is 2. The molecular weight excluding hydrogens is 198 g/mol. The first kappa shape index (κ1) is 11.5. The molecule has 1 aromatic rings. The Labute approximate surface area is 97.8 Å². The van der Waals surface area contributed by atoms with Crippen molar-refractivity contribution in [1.29, 1.82) is 0 Å². The summed E-state index contributed by atoms with van der Waals surface area (Å²) in [5, 5.41) is 0. The van der Waals surface area contributed by atoms with Gasteiger partial charge in [0.2, 0.25) is 0 Å². The van der Waals surface area contributed by atoms with Gasteiger partial charge in [0, 0.05) is 12.0 Å². The number of benzene rings is 1. The summed E-state index contributed by atoms with van der Waals surface area (Å²) in [5.41, 5.74) is 9.77. The molecule has 0 saturated carbocycles. The van der Waals surface area contributed by atoms with E-state index in [1.807, 2.05) is 0 Å². The minimum absolute atomic E-state index is 0.0579. The Balaban J connectivity index is 2.44. The molecule has 1 unspecified atom stereocenters. The smallest absolute Gasteiger partial charge is 0.123 e. The number of hydrogen-bond donors (Lipinski definition) is 1. The van der Waals surface area contributed by atoms with Crippen LogP contribution in [0.2, 0.25) is 0 Å². The van der Waals surface area contributed by atoms with Crippen LogP contribution in [0, 0.1) is 6.92 Å². The molecule has 0 aliphatic carbocycles. The fourth-order valence-corrected chi connectivity index (χ4v) is 2.49. The van der Waals surface area contributed by atoms with Crippen molar-refractivity contribution < 1.29 is 4.74 Å². The van der Waals surface area contributed by atoms with Crippen LogP contribution in [0.15, 0.2) is 12.1 Å². The topological polar surface area (TPSA) is 35.2 Å². The molecule has 1 aliphatic rings. The normalized spacial score (nSPS) is 19.1. The molecule has 1 aliphatic heterocycles. The van der Waals surface area contributed by atoms with Gasteiger partial charge in [0.1, 0.15) is 11.4 Å². The van der Waals surface area contributed by atoms with Crippen LogP contribution in [0.1, 0.15) is 43.4 Å². The van der Waals surface area contributed by atoms with E-state index in [0.717, 1.165) is 12.2 Å². The lowest BCUT2D eigenvalue weighted by Crippen LogP contribution is -2.24. The van der Waals surface area contributed by atoms with Crippen molar-refractivity contribution in [1.82, 2.24) is 0 Å². The van der Waals surface area contributed by atoms with Crippen molar-refractivity contribution in [2.45, 2.75) is 45.6 Å². The van der Waals surface area contributed by atoms with Crippen molar-refractivity contribution >= 4 is 0 Å². The lowest BCUT2D eigenvalue weighted by atomic mass is 9.90. The van der Waals surface area contributed by atoms with E-state index < -0.39 is 0 Å². The van der Waals surface area contributed by atoms with Gasteiger partial charge in [0.15, 0.2) is 0 Å². The molecule has 0 radical (unpaired) electrons. The second-order valence-electron chi connectivity index (χ2n) is 5.43. The van der Waals surface area contributed by atoms with E-state index >= 15 is 0 Å². The van der Waals surface area contributed by atoms with Gasteiger partial charge in [0.05, 0.1) is 0 Å². The van der Waals surface area contributed by atoms with E-state index in [-0.39, 0.29) is 5.60 Å². The number of nitrogens with two attached hydrogens (primary N) is 1. The number of hydrogen-bond acceptors (Lipinski definition) is 2. The fourth-order valence-electron chi connectivity index (χ4n) is 2.49. The molecule has 2 N–H and O–H groups in total. The number of fused-ring (bicyclic) bond motifs is 1. The predicted octanol–water partition coefficient (Wildman–Crippen LogP) is 2.77. The summed E-state index contributed by atoms with van der Waals surface area (Å²) in [6.07, 6.45) is 0.999. The van der Waals surface area contributed by atoms with Crippen LogP contribution in [-0.4, -0.2) is 12.1 Å². The summed E-state index contributed by atoms with van der Waals surface area (Å²) < 4.78 is 5.91. The first-order chi connectivity index (χ1) is 7.44. The van der Waals surface area contributed by atoms with Gasteiger partial charge < -0.3 is 10.5 Å². The Bertz CT molecular complexity index is 409. The van der Waals surface area contributed by atoms with Crippen molar-refractivity contribution in [3.05, 3.63) is 28.8 Å². The zero-order chi connectivity index (χ0) is 11.9. The lowest BCUT2D eigenvalue weighted by molar-refractivity contribution is 0.138. The third-order valence-corrected chi connectivity index (χ3v) is 3.47. The summed E-state index contributed by atoms with van der Waals surface area (Å²) in [7, 11) is 0. The molecule has 0 spiro atoms. The molecule has 0 aromatic heterocycles. The van der Waals surface area contributed by atoms with Crippen molar-refractivity contribution in [3.8, 4) is 5.75 Å². The zero-order valence-corrected chi connectivity index (χ0v) is 10.6. The molecule has 0 fully saturated rings.